The molecule has 2 rings (SSSR count). The first-order valence-corrected chi connectivity index (χ1v) is 5.73. The van der Waals surface area contributed by atoms with Crippen LogP contribution < -0.4 is 0 Å². The zero-order chi connectivity index (χ0) is 14.7. The summed E-state index contributed by atoms with van der Waals surface area (Å²) in [6.45, 7) is 0. The molecule has 0 radical (unpaired) electrons. The molecule has 0 atom stereocenters. The smallest absolute Gasteiger partial charge is 0.189 e. The molecule has 0 aromatic heterocycles. The van der Waals surface area contributed by atoms with Gasteiger partial charge >= 0.3 is 0 Å². The zero-order valence-electron chi connectivity index (χ0n) is 10.3. The Kier molecular flexibility index (Phi) is 3.61. The molecule has 20 heavy (non-hydrogen) atoms. The van der Waals surface area contributed by atoms with Crippen LogP contribution in [0.15, 0.2) is 42.5 Å². The van der Waals surface area contributed by atoms with E-state index in [1.54, 1.807) is 0 Å². The maximum atomic E-state index is 11.9. The van der Waals surface area contributed by atoms with Gasteiger partial charge in [0.15, 0.2) is 5.78 Å². The summed E-state index contributed by atoms with van der Waals surface area (Å²) in [6, 6.07) is 7.59. The minimum Gasteiger partial charge on any atom is -0.508 e. The van der Waals surface area contributed by atoms with Crippen molar-refractivity contribution in [3.05, 3.63) is 53.6 Å². The van der Waals surface area contributed by atoms with Gasteiger partial charge in [-0.25, -0.2) is 0 Å². The molecule has 0 heterocycles. The first kappa shape index (κ1) is 13.5. The predicted octanol–water partition coefficient (Wildman–Crippen LogP) is 2.41. The summed E-state index contributed by atoms with van der Waals surface area (Å²) in [5, 5.41) is 37.3. The summed E-state index contributed by atoms with van der Waals surface area (Å²) in [7, 11) is 0. The van der Waals surface area contributed by atoms with Crippen LogP contribution in [-0.4, -0.2) is 26.2 Å². The number of rotatable bonds is 3. The second-order valence-corrected chi connectivity index (χ2v) is 4.18. The first-order chi connectivity index (χ1) is 9.45. The van der Waals surface area contributed by atoms with Gasteiger partial charge in [0.05, 0.1) is 5.56 Å². The number of phenols is 4. The molecule has 0 fully saturated rings. The molecule has 102 valence electrons. The number of carbonyl (C=O) groups excluding carboxylic acids is 1. The van der Waals surface area contributed by atoms with Crippen molar-refractivity contribution in [3.63, 3.8) is 0 Å². The standard InChI is InChI=1S/C15H12O5/c16-10-2-3-13(15(20)8-10)14(19)4-1-9-5-11(17)7-12(18)6-9/h1-8,16-18,20H. The molecule has 0 aliphatic rings. The largest absolute Gasteiger partial charge is 0.508 e. The van der Waals surface area contributed by atoms with Crippen LogP contribution in [0.25, 0.3) is 6.08 Å². The van der Waals surface area contributed by atoms with Crippen molar-refractivity contribution in [2.45, 2.75) is 0 Å². The van der Waals surface area contributed by atoms with Gasteiger partial charge < -0.3 is 20.4 Å². The van der Waals surface area contributed by atoms with Crippen molar-refractivity contribution in [2.75, 3.05) is 0 Å². The fourth-order valence-electron chi connectivity index (χ4n) is 1.70. The van der Waals surface area contributed by atoms with Crippen LogP contribution >= 0.6 is 0 Å². The van der Waals surface area contributed by atoms with Crippen LogP contribution in [0.1, 0.15) is 15.9 Å². The lowest BCUT2D eigenvalue weighted by atomic mass is 10.1. The van der Waals surface area contributed by atoms with E-state index in [-0.39, 0.29) is 28.6 Å². The average molecular weight is 272 g/mol. The van der Waals surface area contributed by atoms with Crippen LogP contribution in [0.4, 0.5) is 0 Å². The molecule has 0 bridgehead atoms. The number of ketones is 1. The minimum atomic E-state index is -0.467. The van der Waals surface area contributed by atoms with E-state index in [9.17, 15) is 20.1 Å². The molecule has 2 aromatic carbocycles. The Morgan fingerprint density at radius 3 is 2.10 bits per heavy atom. The van der Waals surface area contributed by atoms with Crippen molar-refractivity contribution in [1.29, 1.82) is 0 Å². The Labute approximate surface area is 114 Å². The van der Waals surface area contributed by atoms with E-state index >= 15 is 0 Å². The first-order valence-electron chi connectivity index (χ1n) is 5.73. The monoisotopic (exact) mass is 272 g/mol. The number of aromatic hydroxyl groups is 4. The van der Waals surface area contributed by atoms with Gasteiger partial charge in [-0.05, 0) is 35.9 Å². The van der Waals surface area contributed by atoms with Gasteiger partial charge in [-0.15, -0.1) is 0 Å². The van der Waals surface area contributed by atoms with E-state index in [1.165, 1.54) is 42.5 Å². The van der Waals surface area contributed by atoms with Gasteiger partial charge in [-0.1, -0.05) is 6.08 Å². The van der Waals surface area contributed by atoms with E-state index in [1.807, 2.05) is 0 Å². The SMILES string of the molecule is O=C(C=Cc1cc(O)cc(O)c1)c1ccc(O)cc1O. The molecule has 4 N–H and O–H groups in total. The molecular formula is C15H12O5. The highest BCUT2D eigenvalue weighted by atomic mass is 16.3. The Hall–Kier alpha value is -2.95. The molecule has 5 heteroatoms. The molecule has 5 nitrogen and oxygen atoms in total. The van der Waals surface area contributed by atoms with E-state index in [0.29, 0.717) is 5.56 Å². The third-order valence-electron chi connectivity index (χ3n) is 2.60. The van der Waals surface area contributed by atoms with Crippen LogP contribution in [0.3, 0.4) is 0 Å². The number of hydrogen-bond donors (Lipinski definition) is 4. The van der Waals surface area contributed by atoms with Crippen LogP contribution in [0, 0.1) is 0 Å². The quantitative estimate of drug-likeness (QED) is 0.508. The van der Waals surface area contributed by atoms with Gasteiger partial charge in [0.1, 0.15) is 23.0 Å². The van der Waals surface area contributed by atoms with Gasteiger partial charge in [0.25, 0.3) is 0 Å². The highest BCUT2D eigenvalue weighted by molar-refractivity contribution is 6.08. The molecule has 0 saturated carbocycles. The lowest BCUT2D eigenvalue weighted by Gasteiger charge is -2.01. The molecule has 2 aromatic rings. The summed E-state index contributed by atoms with van der Waals surface area (Å²) < 4.78 is 0. The second-order valence-electron chi connectivity index (χ2n) is 4.18. The van der Waals surface area contributed by atoms with Gasteiger partial charge in [0, 0.05) is 12.1 Å². The van der Waals surface area contributed by atoms with Crippen LogP contribution in [-0.2, 0) is 0 Å². The van der Waals surface area contributed by atoms with Gasteiger partial charge in [0.2, 0.25) is 0 Å². The maximum Gasteiger partial charge on any atom is 0.189 e. The second kappa shape index (κ2) is 5.36. The van der Waals surface area contributed by atoms with Crippen molar-refractivity contribution in [2.24, 2.45) is 0 Å². The van der Waals surface area contributed by atoms with Crippen molar-refractivity contribution < 1.29 is 25.2 Å². The van der Waals surface area contributed by atoms with Crippen molar-refractivity contribution >= 4 is 11.9 Å². The molecule has 0 aliphatic heterocycles. The van der Waals surface area contributed by atoms with Gasteiger partial charge in [-0.3, -0.25) is 4.79 Å². The third-order valence-corrected chi connectivity index (χ3v) is 2.60. The van der Waals surface area contributed by atoms with E-state index < -0.39 is 5.78 Å². The number of allylic oxidation sites excluding steroid dienone is 1. The average Bonchev–Trinajstić information content (AvgIpc) is 2.35. The molecule has 0 aliphatic carbocycles. The summed E-state index contributed by atoms with van der Waals surface area (Å²) in [4.78, 5) is 11.9. The van der Waals surface area contributed by atoms with E-state index in [4.69, 9.17) is 5.11 Å². The van der Waals surface area contributed by atoms with Crippen molar-refractivity contribution in [1.82, 2.24) is 0 Å². The molecule has 0 spiro atoms. The molecule has 0 unspecified atom stereocenters. The molecular weight excluding hydrogens is 260 g/mol. The maximum absolute atomic E-state index is 11.9. The van der Waals surface area contributed by atoms with Crippen LogP contribution in [0.2, 0.25) is 0 Å². The summed E-state index contributed by atoms with van der Waals surface area (Å²) in [5.41, 5.74) is 0.484. The lowest BCUT2D eigenvalue weighted by Crippen LogP contribution is -1.94. The topological polar surface area (TPSA) is 98.0 Å². The Morgan fingerprint density at radius 2 is 1.50 bits per heavy atom. The van der Waals surface area contributed by atoms with Crippen LogP contribution in [0.5, 0.6) is 23.0 Å². The Morgan fingerprint density at radius 1 is 0.850 bits per heavy atom. The fourth-order valence-corrected chi connectivity index (χ4v) is 1.70. The number of carbonyl (C=O) groups is 1. The van der Waals surface area contributed by atoms with E-state index in [0.717, 1.165) is 6.07 Å². The number of phenolic OH excluding ortho intramolecular Hbond substituents is 4. The van der Waals surface area contributed by atoms with Gasteiger partial charge in [-0.2, -0.15) is 0 Å². The Balaban J connectivity index is 2.24. The summed E-state index contributed by atoms with van der Waals surface area (Å²) >= 11 is 0. The Bertz CT molecular complexity index is 668. The number of hydrogen-bond acceptors (Lipinski definition) is 5. The molecule has 0 saturated heterocycles. The lowest BCUT2D eigenvalue weighted by molar-refractivity contribution is 0.104. The molecule has 0 amide bonds. The highest BCUT2D eigenvalue weighted by Crippen LogP contribution is 2.24. The van der Waals surface area contributed by atoms with Crippen molar-refractivity contribution in [3.8, 4) is 23.0 Å². The predicted molar refractivity (Wildman–Crippen MR) is 72.9 cm³/mol. The normalized spacial score (nSPS) is 10.8. The summed E-state index contributed by atoms with van der Waals surface area (Å²) in [6.07, 6.45) is 2.59. The van der Waals surface area contributed by atoms with E-state index in [2.05, 4.69) is 0 Å². The highest BCUT2D eigenvalue weighted by Gasteiger charge is 2.08. The number of benzene rings is 2. The minimum absolute atomic E-state index is 0.0448. The zero-order valence-corrected chi connectivity index (χ0v) is 10.3. The summed E-state index contributed by atoms with van der Waals surface area (Å²) in [5.74, 6) is -1.17. The third kappa shape index (κ3) is 3.08. The fraction of sp³-hybridized carbons (Fsp3) is 0.